The fourth-order valence-electron chi connectivity index (χ4n) is 3.42. The minimum absolute atomic E-state index is 0.0501. The molecule has 0 saturated carbocycles. The number of ether oxygens (including phenoxy) is 1. The minimum atomic E-state index is -0.0501. The van der Waals surface area contributed by atoms with Crippen LogP contribution >= 0.6 is 11.6 Å². The van der Waals surface area contributed by atoms with Gasteiger partial charge in [0.05, 0.1) is 11.1 Å². The topological polar surface area (TPSA) is 32.8 Å². The molecular formula is C17H23ClN2O2. The Kier molecular flexibility index (Phi) is 4.59. The minimum Gasteiger partial charge on any atom is -0.491 e. The van der Waals surface area contributed by atoms with Crippen LogP contribution in [-0.2, 0) is 4.79 Å². The van der Waals surface area contributed by atoms with Crippen molar-refractivity contribution in [2.24, 2.45) is 0 Å². The van der Waals surface area contributed by atoms with Crippen molar-refractivity contribution in [1.82, 2.24) is 9.80 Å². The molecule has 1 amide bonds. The number of hydrogen-bond acceptors (Lipinski definition) is 3. The molecule has 0 aliphatic carbocycles. The molecule has 3 rings (SSSR count). The summed E-state index contributed by atoms with van der Waals surface area (Å²) >= 11 is 6.14. The number of fused-ring (bicyclic) bond motifs is 1. The highest BCUT2D eigenvalue weighted by Gasteiger charge is 2.39. The first-order chi connectivity index (χ1) is 10.6. The van der Waals surface area contributed by atoms with E-state index in [2.05, 4.69) is 9.80 Å². The molecule has 0 unspecified atom stereocenters. The van der Waals surface area contributed by atoms with Gasteiger partial charge in [-0.25, -0.2) is 0 Å². The highest BCUT2D eigenvalue weighted by molar-refractivity contribution is 6.32. The van der Waals surface area contributed by atoms with Crippen molar-refractivity contribution in [1.29, 1.82) is 0 Å². The molecule has 2 fully saturated rings. The van der Waals surface area contributed by atoms with Crippen LogP contribution in [0.15, 0.2) is 18.2 Å². The van der Waals surface area contributed by atoms with Gasteiger partial charge in [-0.3, -0.25) is 9.69 Å². The molecule has 2 heterocycles. The first-order valence-corrected chi connectivity index (χ1v) is 8.37. The smallest absolute Gasteiger partial charge is 0.239 e. The number of amides is 1. The highest BCUT2D eigenvalue weighted by Crippen LogP contribution is 2.27. The van der Waals surface area contributed by atoms with Crippen molar-refractivity contribution in [2.45, 2.75) is 38.8 Å². The zero-order chi connectivity index (χ0) is 15.7. The molecule has 5 heteroatoms. The zero-order valence-electron chi connectivity index (χ0n) is 13.2. The second kappa shape index (κ2) is 6.47. The molecular weight excluding hydrogens is 300 g/mol. The lowest BCUT2D eigenvalue weighted by molar-refractivity contribution is -0.143. The maximum atomic E-state index is 12.4. The standard InChI is InChI=1S/C17H23ClN2O2/c1-12-5-6-15(18)16(10-12)22-9-8-19-11-14-4-3-7-20(14)17(21)13(19)2/h5-6,10,13-14H,3-4,7-9,11H2,1-2H3/t13-,14+/m1/s1. The van der Waals surface area contributed by atoms with E-state index in [0.29, 0.717) is 17.7 Å². The maximum Gasteiger partial charge on any atom is 0.239 e. The summed E-state index contributed by atoms with van der Waals surface area (Å²) < 4.78 is 5.82. The van der Waals surface area contributed by atoms with E-state index in [1.54, 1.807) is 0 Å². The third-order valence-electron chi connectivity index (χ3n) is 4.73. The van der Waals surface area contributed by atoms with Crippen molar-refractivity contribution < 1.29 is 9.53 Å². The molecule has 0 spiro atoms. The second-order valence-electron chi connectivity index (χ2n) is 6.28. The Hall–Kier alpha value is -1.26. The van der Waals surface area contributed by atoms with Gasteiger partial charge in [0, 0.05) is 25.7 Å². The molecule has 1 aromatic rings. The Morgan fingerprint density at radius 2 is 2.23 bits per heavy atom. The summed E-state index contributed by atoms with van der Waals surface area (Å²) in [5.41, 5.74) is 1.13. The predicted octanol–water partition coefficient (Wildman–Crippen LogP) is 2.72. The van der Waals surface area contributed by atoms with Crippen LogP contribution in [0.5, 0.6) is 5.75 Å². The van der Waals surface area contributed by atoms with Crippen LogP contribution < -0.4 is 4.74 Å². The number of rotatable bonds is 4. The van der Waals surface area contributed by atoms with Gasteiger partial charge in [0.15, 0.2) is 0 Å². The van der Waals surface area contributed by atoms with Crippen LogP contribution in [-0.4, -0.2) is 54.0 Å². The number of benzene rings is 1. The summed E-state index contributed by atoms with van der Waals surface area (Å²) in [6.45, 7) is 7.20. The number of piperazine rings is 1. The highest BCUT2D eigenvalue weighted by atomic mass is 35.5. The van der Waals surface area contributed by atoms with Gasteiger partial charge < -0.3 is 9.64 Å². The molecule has 0 N–H and O–H groups in total. The van der Waals surface area contributed by atoms with Gasteiger partial charge in [-0.1, -0.05) is 17.7 Å². The molecule has 0 bridgehead atoms. The van der Waals surface area contributed by atoms with Crippen molar-refractivity contribution in [3.63, 3.8) is 0 Å². The molecule has 2 saturated heterocycles. The van der Waals surface area contributed by atoms with Crippen LogP contribution in [0.25, 0.3) is 0 Å². The predicted molar refractivity (Wildman–Crippen MR) is 87.5 cm³/mol. The lowest BCUT2D eigenvalue weighted by Gasteiger charge is -2.41. The zero-order valence-corrected chi connectivity index (χ0v) is 14.0. The normalized spacial score (nSPS) is 25.4. The molecule has 120 valence electrons. The first-order valence-electron chi connectivity index (χ1n) is 8.00. The Bertz CT molecular complexity index is 564. The average Bonchev–Trinajstić information content (AvgIpc) is 2.96. The fraction of sp³-hybridized carbons (Fsp3) is 0.588. The van der Waals surface area contributed by atoms with Gasteiger partial charge in [-0.2, -0.15) is 0 Å². The van der Waals surface area contributed by atoms with Gasteiger partial charge in [0.2, 0.25) is 5.91 Å². The van der Waals surface area contributed by atoms with Crippen LogP contribution in [0.2, 0.25) is 5.02 Å². The van der Waals surface area contributed by atoms with E-state index in [-0.39, 0.29) is 11.9 Å². The second-order valence-corrected chi connectivity index (χ2v) is 6.69. The number of nitrogens with zero attached hydrogens (tertiary/aromatic N) is 2. The van der Waals surface area contributed by atoms with Crippen molar-refractivity contribution >= 4 is 17.5 Å². The van der Waals surface area contributed by atoms with E-state index >= 15 is 0 Å². The summed E-state index contributed by atoms with van der Waals surface area (Å²) in [7, 11) is 0. The number of halogens is 1. The molecule has 1 aromatic carbocycles. The average molecular weight is 323 g/mol. The van der Waals surface area contributed by atoms with Crippen LogP contribution in [0.1, 0.15) is 25.3 Å². The van der Waals surface area contributed by atoms with Gasteiger partial charge in [0.1, 0.15) is 12.4 Å². The number of carbonyl (C=O) groups excluding carboxylic acids is 1. The van der Waals surface area contributed by atoms with Crippen molar-refractivity contribution in [3.05, 3.63) is 28.8 Å². The first kappa shape index (κ1) is 15.6. The van der Waals surface area contributed by atoms with Crippen molar-refractivity contribution in [2.75, 3.05) is 26.2 Å². The van der Waals surface area contributed by atoms with Crippen LogP contribution in [0.4, 0.5) is 0 Å². The molecule has 22 heavy (non-hydrogen) atoms. The molecule has 4 nitrogen and oxygen atoms in total. The largest absolute Gasteiger partial charge is 0.491 e. The lowest BCUT2D eigenvalue weighted by Crippen LogP contribution is -2.59. The molecule has 2 aliphatic rings. The fourth-order valence-corrected chi connectivity index (χ4v) is 3.59. The maximum absolute atomic E-state index is 12.4. The number of aryl methyl sites for hydroxylation is 1. The van der Waals surface area contributed by atoms with E-state index < -0.39 is 0 Å². The summed E-state index contributed by atoms with van der Waals surface area (Å²) in [6.07, 6.45) is 2.26. The molecule has 0 radical (unpaired) electrons. The van der Waals surface area contributed by atoms with Gasteiger partial charge in [-0.05, 0) is 44.4 Å². The van der Waals surface area contributed by atoms with E-state index in [1.165, 1.54) is 0 Å². The lowest BCUT2D eigenvalue weighted by atomic mass is 10.1. The summed E-state index contributed by atoms with van der Waals surface area (Å²) in [5, 5.41) is 0.635. The van der Waals surface area contributed by atoms with Gasteiger partial charge in [0.25, 0.3) is 0 Å². The van der Waals surface area contributed by atoms with Gasteiger partial charge >= 0.3 is 0 Å². The Labute approximate surface area is 137 Å². The number of carbonyl (C=O) groups is 1. The SMILES string of the molecule is Cc1ccc(Cl)c(OCCN2C[C@@H]3CCCN3C(=O)[C@H]2C)c1. The van der Waals surface area contributed by atoms with Crippen LogP contribution in [0.3, 0.4) is 0 Å². The van der Waals surface area contributed by atoms with Crippen LogP contribution in [0, 0.1) is 6.92 Å². The van der Waals surface area contributed by atoms with Gasteiger partial charge in [-0.15, -0.1) is 0 Å². The third-order valence-corrected chi connectivity index (χ3v) is 5.05. The monoisotopic (exact) mass is 322 g/mol. The quantitative estimate of drug-likeness (QED) is 0.854. The van der Waals surface area contributed by atoms with E-state index in [1.807, 2.05) is 32.0 Å². The summed E-state index contributed by atoms with van der Waals surface area (Å²) in [4.78, 5) is 16.7. The Balaban J connectivity index is 1.57. The van der Waals surface area contributed by atoms with E-state index in [9.17, 15) is 4.79 Å². The van der Waals surface area contributed by atoms with Crippen molar-refractivity contribution in [3.8, 4) is 5.75 Å². The van der Waals surface area contributed by atoms with E-state index in [4.69, 9.17) is 16.3 Å². The molecule has 0 aromatic heterocycles. The van der Waals surface area contributed by atoms with E-state index in [0.717, 1.165) is 43.8 Å². The molecule has 2 atom stereocenters. The number of hydrogen-bond donors (Lipinski definition) is 0. The summed E-state index contributed by atoms with van der Waals surface area (Å²) in [5.74, 6) is 0.988. The Morgan fingerprint density at radius 3 is 3.05 bits per heavy atom. The molecule has 2 aliphatic heterocycles. The summed E-state index contributed by atoms with van der Waals surface area (Å²) in [6, 6.07) is 6.12. The Morgan fingerprint density at radius 1 is 1.41 bits per heavy atom. The third kappa shape index (κ3) is 3.08.